The largest absolute Gasteiger partial charge is 0.389 e. The fraction of sp³-hybridized carbons (Fsp3) is 0.875. The maximum Gasteiger partial charge on any atom is 0.146 e. The van der Waals surface area contributed by atoms with E-state index in [1.54, 1.807) is 7.11 Å². The number of methoxy groups -OCH3 is 1. The Morgan fingerprint density at radius 3 is 2.89 bits per heavy atom. The number of aliphatic hydroxyl groups is 1. The highest BCUT2D eigenvalue weighted by molar-refractivity contribution is 5.14. The molecule has 0 aromatic heterocycles. The molecule has 0 unspecified atom stereocenters. The summed E-state index contributed by atoms with van der Waals surface area (Å²) < 4.78 is 11.0. The topological polar surface area (TPSA) is 38.7 Å². The van der Waals surface area contributed by atoms with Crippen molar-refractivity contribution in [2.45, 2.75) is 64.1 Å². The van der Waals surface area contributed by atoms with Gasteiger partial charge in [0.15, 0.2) is 0 Å². The smallest absolute Gasteiger partial charge is 0.146 e. The third-order valence-electron chi connectivity index (χ3n) is 5.23. The molecule has 2 aliphatic carbocycles. The highest BCUT2D eigenvalue weighted by Crippen LogP contribution is 2.54. The lowest BCUT2D eigenvalue weighted by molar-refractivity contribution is -0.214. The summed E-state index contributed by atoms with van der Waals surface area (Å²) in [6.07, 6.45) is 5.79. The number of rotatable bonds is 3. The molecule has 0 amide bonds. The van der Waals surface area contributed by atoms with Crippen LogP contribution >= 0.6 is 0 Å². The molecule has 19 heavy (non-hydrogen) atoms. The Morgan fingerprint density at radius 2 is 2.21 bits per heavy atom. The van der Waals surface area contributed by atoms with Gasteiger partial charge >= 0.3 is 0 Å². The average molecular weight is 268 g/mol. The van der Waals surface area contributed by atoms with Crippen LogP contribution in [0.25, 0.3) is 0 Å². The van der Waals surface area contributed by atoms with Crippen molar-refractivity contribution in [3.8, 4) is 0 Å². The van der Waals surface area contributed by atoms with Crippen molar-refractivity contribution in [3.05, 3.63) is 12.2 Å². The van der Waals surface area contributed by atoms with Gasteiger partial charge in [-0.05, 0) is 44.4 Å². The maximum atomic E-state index is 11.3. The van der Waals surface area contributed by atoms with E-state index in [0.29, 0.717) is 12.7 Å². The zero-order chi connectivity index (χ0) is 14.1. The third kappa shape index (κ3) is 2.74. The minimum Gasteiger partial charge on any atom is -0.389 e. The van der Waals surface area contributed by atoms with E-state index in [-0.39, 0.29) is 11.5 Å². The normalized spacial score (nSPS) is 43.7. The van der Waals surface area contributed by atoms with E-state index in [1.165, 1.54) is 5.57 Å². The second kappa shape index (κ2) is 5.55. The number of hydrogen-bond acceptors (Lipinski definition) is 3. The SMILES string of the molecule is C=C1CCC[C@@]2(C)[C@H](OCOC)C[C@H](C)C[C@@]2(O)C1. The van der Waals surface area contributed by atoms with E-state index in [4.69, 9.17) is 9.47 Å². The van der Waals surface area contributed by atoms with Crippen LogP contribution in [0, 0.1) is 11.3 Å². The van der Waals surface area contributed by atoms with E-state index < -0.39 is 5.60 Å². The van der Waals surface area contributed by atoms with Gasteiger partial charge in [-0.2, -0.15) is 0 Å². The number of ether oxygens (including phenoxy) is 2. The van der Waals surface area contributed by atoms with Crippen LogP contribution in [-0.2, 0) is 9.47 Å². The molecule has 0 saturated heterocycles. The van der Waals surface area contributed by atoms with Gasteiger partial charge in [0.1, 0.15) is 6.79 Å². The molecule has 0 heterocycles. The Labute approximate surface area is 117 Å². The minimum absolute atomic E-state index is 0.0760. The predicted molar refractivity (Wildman–Crippen MR) is 75.8 cm³/mol. The Kier molecular flexibility index (Phi) is 4.38. The molecular weight excluding hydrogens is 240 g/mol. The summed E-state index contributed by atoms with van der Waals surface area (Å²) in [5.41, 5.74) is 0.333. The Bertz CT molecular complexity index is 341. The van der Waals surface area contributed by atoms with Gasteiger partial charge in [-0.3, -0.25) is 0 Å². The molecule has 2 aliphatic rings. The second-order valence-corrected chi connectivity index (χ2v) is 6.84. The average Bonchev–Trinajstić information content (AvgIpc) is 2.42. The molecule has 2 saturated carbocycles. The molecule has 110 valence electrons. The lowest BCUT2D eigenvalue weighted by Crippen LogP contribution is -2.58. The van der Waals surface area contributed by atoms with Gasteiger partial charge in [0.25, 0.3) is 0 Å². The van der Waals surface area contributed by atoms with Gasteiger partial charge in [-0.25, -0.2) is 0 Å². The molecule has 0 spiro atoms. The zero-order valence-electron chi connectivity index (χ0n) is 12.6. The highest BCUT2D eigenvalue weighted by Gasteiger charge is 2.56. The third-order valence-corrected chi connectivity index (χ3v) is 5.23. The summed E-state index contributed by atoms with van der Waals surface area (Å²) >= 11 is 0. The first-order valence-electron chi connectivity index (χ1n) is 7.41. The van der Waals surface area contributed by atoms with E-state index >= 15 is 0 Å². The summed E-state index contributed by atoms with van der Waals surface area (Å²) in [5, 5.41) is 11.3. The molecule has 0 aromatic carbocycles. The molecule has 0 aromatic rings. The van der Waals surface area contributed by atoms with Crippen LogP contribution < -0.4 is 0 Å². The Balaban J connectivity index is 2.28. The van der Waals surface area contributed by atoms with Crippen LogP contribution in [0.1, 0.15) is 52.4 Å². The van der Waals surface area contributed by atoms with Crippen molar-refractivity contribution in [1.82, 2.24) is 0 Å². The lowest BCUT2D eigenvalue weighted by Gasteiger charge is -2.54. The number of fused-ring (bicyclic) bond motifs is 1. The van der Waals surface area contributed by atoms with Crippen LogP contribution in [-0.4, -0.2) is 30.7 Å². The first-order valence-corrected chi connectivity index (χ1v) is 7.41. The van der Waals surface area contributed by atoms with Crippen molar-refractivity contribution in [3.63, 3.8) is 0 Å². The van der Waals surface area contributed by atoms with E-state index in [2.05, 4.69) is 20.4 Å². The molecule has 3 heteroatoms. The van der Waals surface area contributed by atoms with Crippen molar-refractivity contribution >= 4 is 0 Å². The molecule has 0 bridgehead atoms. The van der Waals surface area contributed by atoms with Gasteiger partial charge in [0, 0.05) is 12.5 Å². The molecule has 0 aliphatic heterocycles. The molecular formula is C16H28O3. The van der Waals surface area contributed by atoms with Gasteiger partial charge in [-0.15, -0.1) is 0 Å². The van der Waals surface area contributed by atoms with Crippen LogP contribution in [0.15, 0.2) is 12.2 Å². The Morgan fingerprint density at radius 1 is 1.47 bits per heavy atom. The predicted octanol–water partition coefficient (Wildman–Crippen LogP) is 3.27. The van der Waals surface area contributed by atoms with Crippen molar-refractivity contribution in [2.75, 3.05) is 13.9 Å². The molecule has 0 radical (unpaired) electrons. The molecule has 3 nitrogen and oxygen atoms in total. The van der Waals surface area contributed by atoms with E-state index in [1.807, 2.05) is 0 Å². The summed E-state index contributed by atoms with van der Waals surface area (Å²) in [5.74, 6) is 0.478. The molecule has 2 fully saturated rings. The van der Waals surface area contributed by atoms with Crippen LogP contribution in [0.5, 0.6) is 0 Å². The fourth-order valence-electron chi connectivity index (χ4n) is 4.10. The Hall–Kier alpha value is -0.380. The molecule has 2 rings (SSSR count). The van der Waals surface area contributed by atoms with Gasteiger partial charge < -0.3 is 14.6 Å². The summed E-state index contributed by atoms with van der Waals surface area (Å²) in [7, 11) is 1.65. The van der Waals surface area contributed by atoms with Gasteiger partial charge in [-0.1, -0.05) is 26.0 Å². The highest BCUT2D eigenvalue weighted by atomic mass is 16.7. The quantitative estimate of drug-likeness (QED) is 0.630. The van der Waals surface area contributed by atoms with Gasteiger partial charge in [0.05, 0.1) is 11.7 Å². The van der Waals surface area contributed by atoms with Crippen LogP contribution in [0.4, 0.5) is 0 Å². The first-order chi connectivity index (χ1) is 8.91. The van der Waals surface area contributed by atoms with Crippen molar-refractivity contribution in [2.24, 2.45) is 11.3 Å². The number of hydrogen-bond donors (Lipinski definition) is 1. The second-order valence-electron chi connectivity index (χ2n) is 6.84. The lowest BCUT2D eigenvalue weighted by atomic mass is 9.57. The minimum atomic E-state index is -0.670. The fourth-order valence-corrected chi connectivity index (χ4v) is 4.10. The van der Waals surface area contributed by atoms with Crippen LogP contribution in [0.2, 0.25) is 0 Å². The van der Waals surface area contributed by atoms with Gasteiger partial charge in [0.2, 0.25) is 0 Å². The standard InChI is InChI=1S/C16H28O3/c1-12-6-5-7-15(3)14(19-11-18-4)8-13(2)10-16(15,17)9-12/h13-14,17H,1,5-11H2,2-4H3/t13-,14+,15-,16-/m0/s1. The van der Waals surface area contributed by atoms with E-state index in [9.17, 15) is 5.11 Å². The van der Waals surface area contributed by atoms with Crippen molar-refractivity contribution < 1.29 is 14.6 Å². The van der Waals surface area contributed by atoms with E-state index in [0.717, 1.165) is 38.5 Å². The molecule has 4 atom stereocenters. The first kappa shape index (κ1) is 15.0. The summed E-state index contributed by atoms with van der Waals surface area (Å²) in [4.78, 5) is 0. The van der Waals surface area contributed by atoms with Crippen molar-refractivity contribution in [1.29, 1.82) is 0 Å². The summed E-state index contributed by atoms with van der Waals surface area (Å²) in [6.45, 7) is 8.83. The van der Waals surface area contributed by atoms with Crippen LogP contribution in [0.3, 0.4) is 0 Å². The monoisotopic (exact) mass is 268 g/mol. The summed E-state index contributed by atoms with van der Waals surface area (Å²) in [6, 6.07) is 0. The molecule has 1 N–H and O–H groups in total. The maximum absolute atomic E-state index is 11.3. The zero-order valence-corrected chi connectivity index (χ0v) is 12.6.